The van der Waals surface area contributed by atoms with Gasteiger partial charge in [-0.3, -0.25) is 4.79 Å². The van der Waals surface area contributed by atoms with E-state index >= 15 is 0 Å². The zero-order valence-corrected chi connectivity index (χ0v) is 17.0. The number of carbonyl (C=O) groups excluding carboxylic acids is 1. The number of sulfone groups is 1. The van der Waals surface area contributed by atoms with Crippen molar-refractivity contribution in [1.82, 2.24) is 19.6 Å². The van der Waals surface area contributed by atoms with E-state index in [1.54, 1.807) is 4.90 Å². The molecule has 27 heavy (non-hydrogen) atoms. The molecule has 146 valence electrons. The quantitative estimate of drug-likeness (QED) is 0.762. The fourth-order valence-corrected chi connectivity index (χ4v) is 5.68. The molecule has 1 amide bonds. The van der Waals surface area contributed by atoms with Crippen LogP contribution >= 0.6 is 11.5 Å². The molecule has 0 aromatic carbocycles. The van der Waals surface area contributed by atoms with Gasteiger partial charge in [0.15, 0.2) is 19.7 Å². The van der Waals surface area contributed by atoms with Crippen molar-refractivity contribution in [2.24, 2.45) is 5.92 Å². The van der Waals surface area contributed by atoms with E-state index in [9.17, 15) is 13.2 Å². The monoisotopic (exact) mass is 410 g/mol. The average molecular weight is 411 g/mol. The minimum atomic E-state index is -3.33. The van der Waals surface area contributed by atoms with E-state index < -0.39 is 9.84 Å². The van der Waals surface area contributed by atoms with Gasteiger partial charge in [-0.05, 0) is 31.6 Å². The van der Waals surface area contributed by atoms with E-state index in [1.165, 1.54) is 6.26 Å². The first kappa shape index (κ1) is 18.5. The van der Waals surface area contributed by atoms with Gasteiger partial charge >= 0.3 is 0 Å². The summed E-state index contributed by atoms with van der Waals surface area (Å²) in [5.74, 6) is 1.29. The Hall–Kier alpha value is -1.81. The van der Waals surface area contributed by atoms with Crippen LogP contribution in [0.1, 0.15) is 59.6 Å². The van der Waals surface area contributed by atoms with Crippen molar-refractivity contribution >= 4 is 27.3 Å². The van der Waals surface area contributed by atoms with Gasteiger partial charge in [-0.1, -0.05) is 16.6 Å². The minimum Gasteiger partial charge on any atom is -0.360 e. The van der Waals surface area contributed by atoms with Gasteiger partial charge in [0.2, 0.25) is 0 Å². The predicted octanol–water partition coefficient (Wildman–Crippen LogP) is 2.07. The van der Waals surface area contributed by atoms with Crippen LogP contribution in [-0.2, 0) is 22.7 Å². The highest BCUT2D eigenvalue weighted by molar-refractivity contribution is 7.92. The summed E-state index contributed by atoms with van der Waals surface area (Å²) >= 11 is 0.919. The van der Waals surface area contributed by atoms with Crippen molar-refractivity contribution in [3.05, 3.63) is 22.7 Å². The second-order valence-electron chi connectivity index (χ2n) is 7.57. The molecular weight excluding hydrogens is 388 g/mol. The highest BCUT2D eigenvalue weighted by Crippen LogP contribution is 2.34. The number of aromatic nitrogens is 3. The smallest absolute Gasteiger partial charge is 0.276 e. The number of piperidine rings is 1. The molecule has 0 bridgehead atoms. The Morgan fingerprint density at radius 1 is 1.26 bits per heavy atom. The Balaban J connectivity index is 1.47. The maximum atomic E-state index is 12.9. The van der Waals surface area contributed by atoms with Crippen molar-refractivity contribution < 1.29 is 17.7 Å². The summed E-state index contributed by atoms with van der Waals surface area (Å²) in [5.41, 5.74) is 1.95. The van der Waals surface area contributed by atoms with Crippen molar-refractivity contribution in [1.29, 1.82) is 0 Å². The molecule has 3 heterocycles. The second-order valence-corrected chi connectivity index (χ2v) is 10.5. The lowest BCUT2D eigenvalue weighted by molar-refractivity contribution is 0.0700. The van der Waals surface area contributed by atoms with Crippen LogP contribution in [0.25, 0.3) is 0 Å². The normalized spacial score (nSPS) is 21.3. The van der Waals surface area contributed by atoms with Crippen LogP contribution in [0, 0.1) is 5.92 Å². The number of carbonyl (C=O) groups is 1. The Morgan fingerprint density at radius 2 is 2.00 bits per heavy atom. The van der Waals surface area contributed by atoms with Crippen LogP contribution in [0.2, 0.25) is 0 Å². The first-order chi connectivity index (χ1) is 12.8. The van der Waals surface area contributed by atoms with Crippen molar-refractivity contribution in [3.8, 4) is 0 Å². The summed E-state index contributed by atoms with van der Waals surface area (Å²) in [6, 6.07) is 0. The van der Waals surface area contributed by atoms with Crippen LogP contribution in [0.4, 0.5) is 0 Å². The van der Waals surface area contributed by atoms with E-state index in [1.807, 2.05) is 0 Å². The number of rotatable bonds is 3. The van der Waals surface area contributed by atoms with Gasteiger partial charge in [-0.2, -0.15) is 0 Å². The van der Waals surface area contributed by atoms with Gasteiger partial charge in [0, 0.05) is 48.8 Å². The topological polar surface area (TPSA) is 106 Å². The molecule has 10 heteroatoms. The van der Waals surface area contributed by atoms with Gasteiger partial charge in [-0.25, -0.2) is 8.42 Å². The molecule has 1 aliphatic heterocycles. The van der Waals surface area contributed by atoms with Gasteiger partial charge in [0.1, 0.15) is 5.76 Å². The number of aryl methyl sites for hydroxylation is 1. The number of hydrogen-bond acceptors (Lipinski definition) is 8. The lowest BCUT2D eigenvalue weighted by atomic mass is 9.87. The van der Waals surface area contributed by atoms with E-state index in [0.717, 1.165) is 42.1 Å². The van der Waals surface area contributed by atoms with E-state index in [2.05, 4.69) is 21.7 Å². The van der Waals surface area contributed by atoms with Gasteiger partial charge < -0.3 is 9.42 Å². The van der Waals surface area contributed by atoms with Gasteiger partial charge in [0.05, 0.1) is 5.69 Å². The molecule has 0 N–H and O–H groups in total. The molecule has 1 atom stereocenters. The molecule has 8 nitrogen and oxygen atoms in total. The molecule has 2 aliphatic rings. The standard InChI is InChI=1S/C17H22N4O4S2/c1-10-3-4-13-12(9-10)15(19-25-13)16(22)21-7-5-11(6-8-21)14-17(26-20-18-14)27(2,23)24/h10-11H,3-9H2,1-2H3/t10-/m1/s1. The molecule has 2 aromatic heterocycles. The predicted molar refractivity (Wildman–Crippen MR) is 98.6 cm³/mol. The summed E-state index contributed by atoms with van der Waals surface area (Å²) in [7, 11) is -3.33. The molecule has 1 saturated heterocycles. The first-order valence-corrected chi connectivity index (χ1v) is 11.8. The Kier molecular flexibility index (Phi) is 4.79. The Labute approximate surface area is 162 Å². The van der Waals surface area contributed by atoms with Crippen molar-refractivity contribution in [3.63, 3.8) is 0 Å². The molecule has 0 unspecified atom stereocenters. The minimum absolute atomic E-state index is 0.00349. The third kappa shape index (κ3) is 3.52. The number of nitrogens with zero attached hydrogens (tertiary/aromatic N) is 4. The fourth-order valence-electron chi connectivity index (χ4n) is 3.95. The number of fused-ring (bicyclic) bond motifs is 1. The lowest BCUT2D eigenvalue weighted by Gasteiger charge is -2.31. The van der Waals surface area contributed by atoms with Gasteiger partial charge in [0.25, 0.3) is 5.91 Å². The zero-order chi connectivity index (χ0) is 19.2. The maximum absolute atomic E-state index is 12.9. The molecule has 4 rings (SSSR count). The third-order valence-electron chi connectivity index (χ3n) is 5.48. The summed E-state index contributed by atoms with van der Waals surface area (Å²) in [4.78, 5) is 14.7. The summed E-state index contributed by atoms with van der Waals surface area (Å²) < 4.78 is 33.3. The second kappa shape index (κ2) is 6.97. The van der Waals surface area contributed by atoms with Crippen LogP contribution < -0.4 is 0 Å². The number of hydrogen-bond donors (Lipinski definition) is 0. The molecule has 0 saturated carbocycles. The highest BCUT2D eigenvalue weighted by Gasteiger charge is 2.33. The first-order valence-electron chi connectivity index (χ1n) is 9.13. The summed E-state index contributed by atoms with van der Waals surface area (Å²) in [6.07, 6.45) is 5.24. The van der Waals surface area contributed by atoms with E-state index in [0.29, 0.717) is 43.2 Å². The average Bonchev–Trinajstić information content (AvgIpc) is 3.28. The Morgan fingerprint density at radius 3 is 2.70 bits per heavy atom. The SMILES string of the molecule is C[C@@H]1CCc2onc(C(=O)N3CCC(c4nnsc4S(C)(=O)=O)CC3)c2C1. The summed E-state index contributed by atoms with van der Waals surface area (Å²) in [6.45, 7) is 3.26. The molecule has 1 aliphatic carbocycles. The molecule has 0 spiro atoms. The van der Waals surface area contributed by atoms with E-state index in [4.69, 9.17) is 4.52 Å². The molecule has 2 aromatic rings. The van der Waals surface area contributed by atoms with Crippen molar-refractivity contribution in [2.75, 3.05) is 19.3 Å². The van der Waals surface area contributed by atoms with E-state index in [-0.39, 0.29) is 16.0 Å². The van der Waals surface area contributed by atoms with Crippen LogP contribution in [0.5, 0.6) is 0 Å². The van der Waals surface area contributed by atoms with Crippen LogP contribution in [0.15, 0.2) is 8.73 Å². The van der Waals surface area contributed by atoms with Crippen molar-refractivity contribution in [2.45, 2.75) is 49.2 Å². The Bertz CT molecular complexity index is 957. The highest BCUT2D eigenvalue weighted by atomic mass is 32.2. The molecule has 1 fully saturated rings. The summed E-state index contributed by atoms with van der Waals surface area (Å²) in [5, 5.41) is 8.11. The molecule has 0 radical (unpaired) electrons. The number of likely N-dealkylation sites (tertiary alicyclic amines) is 1. The maximum Gasteiger partial charge on any atom is 0.276 e. The third-order valence-corrected chi connectivity index (χ3v) is 8.03. The number of amides is 1. The zero-order valence-electron chi connectivity index (χ0n) is 15.3. The molecular formula is C17H22N4O4S2. The fraction of sp³-hybridized carbons (Fsp3) is 0.647. The van der Waals surface area contributed by atoms with Crippen LogP contribution in [-0.4, -0.2) is 53.3 Å². The van der Waals surface area contributed by atoms with Crippen LogP contribution in [0.3, 0.4) is 0 Å². The lowest BCUT2D eigenvalue weighted by Crippen LogP contribution is -2.38. The van der Waals surface area contributed by atoms with Gasteiger partial charge in [-0.15, -0.1) is 5.10 Å². The largest absolute Gasteiger partial charge is 0.360 e.